The molecule has 5 N–H and O–H groups in total. The van der Waals surface area contributed by atoms with E-state index in [4.69, 9.17) is 9.84 Å². The summed E-state index contributed by atoms with van der Waals surface area (Å²) in [5.74, 6) is -2.70. The first-order valence-electron chi connectivity index (χ1n) is 11.2. The number of carbonyl (C=O) groups is 2. The van der Waals surface area contributed by atoms with Crippen molar-refractivity contribution in [1.82, 2.24) is 25.4 Å². The highest BCUT2D eigenvalue weighted by molar-refractivity contribution is 5.91. The van der Waals surface area contributed by atoms with Crippen LogP contribution in [0, 0.1) is 0 Å². The predicted octanol–water partition coefficient (Wildman–Crippen LogP) is 0.204. The van der Waals surface area contributed by atoms with Crippen molar-refractivity contribution in [2.75, 3.05) is 38.2 Å². The quantitative estimate of drug-likeness (QED) is 0.346. The predicted molar refractivity (Wildman–Crippen MR) is 120 cm³/mol. The number of nitrogens with one attached hydrogen (secondary N) is 3. The first kappa shape index (κ1) is 24.7. The van der Waals surface area contributed by atoms with Crippen LogP contribution in [0.1, 0.15) is 13.3 Å². The molecule has 0 aliphatic carbocycles. The number of aliphatic hydroxyl groups excluding tert-OH is 2. The average Bonchev–Trinajstić information content (AvgIpc) is 3.24. The Morgan fingerprint density at radius 2 is 2.23 bits per heavy atom. The lowest BCUT2D eigenvalue weighted by molar-refractivity contribution is -0.123. The Kier molecular flexibility index (Phi) is 7.08. The number of halogens is 2. The van der Waals surface area contributed by atoms with Gasteiger partial charge in [0.25, 0.3) is 5.92 Å². The largest absolute Gasteiger partial charge is 0.491 e. The van der Waals surface area contributed by atoms with Gasteiger partial charge >= 0.3 is 6.03 Å². The molecule has 11 nitrogen and oxygen atoms in total. The third kappa shape index (κ3) is 5.80. The number of urea groups is 1. The molecule has 3 atom stereocenters. The van der Waals surface area contributed by atoms with Crippen LogP contribution in [-0.4, -0.2) is 93.9 Å². The molecule has 4 rings (SSSR count). The number of nitrogens with zero attached hydrogens (tertiary/aromatic N) is 3. The van der Waals surface area contributed by atoms with E-state index in [2.05, 4.69) is 25.8 Å². The molecule has 0 spiro atoms. The molecule has 13 heteroatoms. The van der Waals surface area contributed by atoms with E-state index in [1.165, 1.54) is 17.2 Å². The highest BCUT2D eigenvalue weighted by Crippen LogP contribution is 2.33. The van der Waals surface area contributed by atoms with Crippen molar-refractivity contribution in [3.63, 3.8) is 0 Å². The van der Waals surface area contributed by atoms with Crippen molar-refractivity contribution < 1.29 is 33.3 Å². The fraction of sp³-hybridized carbons (Fsp3) is 0.500. The number of dihydropyridines is 1. The molecule has 4 heterocycles. The van der Waals surface area contributed by atoms with E-state index in [9.17, 15) is 23.5 Å². The summed E-state index contributed by atoms with van der Waals surface area (Å²) in [5.41, 5.74) is 0.738. The zero-order chi connectivity index (χ0) is 25.2. The maximum atomic E-state index is 13.3. The SMILES string of the molecule is CC(F)(F)CNC(=O)C1C=CC2=C(N1)N(C(=O)Nc1cc(OC[C@H](O)CO)ccn1)[C@H]1CCN2C1. The van der Waals surface area contributed by atoms with Crippen LogP contribution in [-0.2, 0) is 4.79 Å². The molecule has 35 heavy (non-hydrogen) atoms. The minimum Gasteiger partial charge on any atom is -0.491 e. The van der Waals surface area contributed by atoms with Gasteiger partial charge in [-0.15, -0.1) is 0 Å². The fourth-order valence-electron chi connectivity index (χ4n) is 4.09. The van der Waals surface area contributed by atoms with Crippen molar-refractivity contribution in [3.8, 4) is 5.75 Å². The van der Waals surface area contributed by atoms with Gasteiger partial charge in [0.05, 0.1) is 24.9 Å². The normalized spacial score (nSPS) is 21.9. The Morgan fingerprint density at radius 1 is 1.43 bits per heavy atom. The summed E-state index contributed by atoms with van der Waals surface area (Å²) >= 11 is 0. The van der Waals surface area contributed by atoms with Gasteiger partial charge in [-0.05, 0) is 18.6 Å². The summed E-state index contributed by atoms with van der Waals surface area (Å²) in [4.78, 5) is 33.5. The minimum absolute atomic E-state index is 0.127. The topological polar surface area (TPSA) is 139 Å². The summed E-state index contributed by atoms with van der Waals surface area (Å²) in [6.45, 7) is 0.708. The van der Waals surface area contributed by atoms with Crippen molar-refractivity contribution in [2.45, 2.75) is 37.5 Å². The number of hydrogen-bond donors (Lipinski definition) is 5. The number of hydrogen-bond acceptors (Lipinski definition) is 8. The van der Waals surface area contributed by atoms with E-state index in [0.717, 1.165) is 19.2 Å². The summed E-state index contributed by atoms with van der Waals surface area (Å²) in [7, 11) is 0. The standard InChI is InChI=1S/C22H28F2N6O5/c1-22(23,24)12-26-20(33)16-2-3-17-19(27-16)30(13-5-7-29(17)9-13)21(34)28-18-8-15(4-6-25-18)35-11-14(32)10-31/h2-4,6,8,13-14,16,27,31-32H,5,7,9-12H2,1H3,(H,26,33)(H,25,28,34)/t13-,14+,16?/m0/s1. The summed E-state index contributed by atoms with van der Waals surface area (Å²) in [6, 6.07) is 1.48. The van der Waals surface area contributed by atoms with Crippen molar-refractivity contribution in [1.29, 1.82) is 0 Å². The van der Waals surface area contributed by atoms with Crippen LogP contribution in [0.15, 0.2) is 42.0 Å². The van der Waals surface area contributed by atoms with E-state index in [1.807, 2.05) is 0 Å². The molecule has 1 fully saturated rings. The average molecular weight is 494 g/mol. The highest BCUT2D eigenvalue weighted by Gasteiger charge is 2.42. The lowest BCUT2D eigenvalue weighted by atomic mass is 10.1. The van der Waals surface area contributed by atoms with Crippen LogP contribution >= 0.6 is 0 Å². The third-order valence-electron chi connectivity index (χ3n) is 5.79. The van der Waals surface area contributed by atoms with Gasteiger partial charge in [-0.2, -0.15) is 0 Å². The lowest BCUT2D eigenvalue weighted by Gasteiger charge is -2.40. The Morgan fingerprint density at radius 3 is 2.97 bits per heavy atom. The zero-order valence-corrected chi connectivity index (χ0v) is 19.1. The van der Waals surface area contributed by atoms with E-state index in [1.54, 1.807) is 18.2 Å². The number of allylic oxidation sites excluding steroid dienone is 1. The zero-order valence-electron chi connectivity index (χ0n) is 19.1. The van der Waals surface area contributed by atoms with Gasteiger partial charge in [0.1, 0.15) is 36.1 Å². The molecule has 3 aliphatic rings. The van der Waals surface area contributed by atoms with Crippen molar-refractivity contribution >= 4 is 17.8 Å². The van der Waals surface area contributed by atoms with Gasteiger partial charge < -0.3 is 30.5 Å². The molecule has 0 radical (unpaired) electrons. The number of carbonyl (C=O) groups excluding carboxylic acids is 2. The van der Waals surface area contributed by atoms with Gasteiger partial charge in [-0.25, -0.2) is 18.6 Å². The molecule has 3 aliphatic heterocycles. The number of aliphatic hydroxyl groups is 2. The maximum absolute atomic E-state index is 13.3. The van der Waals surface area contributed by atoms with Gasteiger partial charge in [0.2, 0.25) is 5.91 Å². The molecule has 190 valence electrons. The Bertz CT molecular complexity index is 1030. The number of ether oxygens (including phenoxy) is 1. The molecule has 3 amide bonds. The number of anilines is 1. The number of amides is 3. The summed E-state index contributed by atoms with van der Waals surface area (Å²) in [5, 5.41) is 26.3. The Hall–Kier alpha value is -3.45. The van der Waals surface area contributed by atoms with Gasteiger partial charge in [0.15, 0.2) is 0 Å². The third-order valence-corrected chi connectivity index (χ3v) is 5.79. The Balaban J connectivity index is 1.47. The van der Waals surface area contributed by atoms with Crippen LogP contribution in [0.25, 0.3) is 0 Å². The number of fused-ring (bicyclic) bond motifs is 3. The van der Waals surface area contributed by atoms with Gasteiger partial charge in [-0.1, -0.05) is 6.08 Å². The molecule has 1 aromatic heterocycles. The fourth-order valence-corrected chi connectivity index (χ4v) is 4.09. The number of alkyl halides is 2. The van der Waals surface area contributed by atoms with Gasteiger partial charge in [0, 0.05) is 32.3 Å². The molecular formula is C22H28F2N6O5. The molecular weight excluding hydrogens is 466 g/mol. The molecule has 1 aromatic rings. The van der Waals surface area contributed by atoms with Crippen LogP contribution in [0.5, 0.6) is 5.75 Å². The molecule has 1 saturated heterocycles. The summed E-state index contributed by atoms with van der Waals surface area (Å²) in [6.07, 6.45) is 4.41. The number of rotatable bonds is 8. The van der Waals surface area contributed by atoms with Crippen molar-refractivity contribution in [3.05, 3.63) is 42.0 Å². The van der Waals surface area contributed by atoms with Crippen LogP contribution in [0.2, 0.25) is 0 Å². The Labute approximate surface area is 200 Å². The second-order valence-corrected chi connectivity index (χ2v) is 8.72. The van der Waals surface area contributed by atoms with Crippen LogP contribution < -0.4 is 20.7 Å². The maximum Gasteiger partial charge on any atom is 0.328 e. The first-order chi connectivity index (χ1) is 16.6. The number of pyridine rings is 1. The molecule has 0 saturated carbocycles. The molecule has 0 aromatic carbocycles. The highest BCUT2D eigenvalue weighted by atomic mass is 19.3. The molecule has 2 bridgehead atoms. The minimum atomic E-state index is -3.04. The molecule has 1 unspecified atom stereocenters. The smallest absolute Gasteiger partial charge is 0.328 e. The second-order valence-electron chi connectivity index (χ2n) is 8.72. The van der Waals surface area contributed by atoms with E-state index in [0.29, 0.717) is 24.5 Å². The lowest BCUT2D eigenvalue weighted by Crippen LogP contribution is -2.56. The first-order valence-corrected chi connectivity index (χ1v) is 11.2. The van der Waals surface area contributed by atoms with Crippen LogP contribution in [0.3, 0.4) is 0 Å². The van der Waals surface area contributed by atoms with E-state index < -0.39 is 43.2 Å². The van der Waals surface area contributed by atoms with E-state index >= 15 is 0 Å². The summed E-state index contributed by atoms with van der Waals surface area (Å²) < 4.78 is 31.7. The van der Waals surface area contributed by atoms with E-state index in [-0.39, 0.29) is 18.5 Å². The monoisotopic (exact) mass is 494 g/mol. The van der Waals surface area contributed by atoms with Gasteiger partial charge in [-0.3, -0.25) is 15.0 Å². The van der Waals surface area contributed by atoms with Crippen LogP contribution in [0.4, 0.5) is 19.4 Å². The second kappa shape index (κ2) is 10.0. The van der Waals surface area contributed by atoms with Crippen molar-refractivity contribution in [2.24, 2.45) is 0 Å². The number of aromatic nitrogens is 1.